The molecule has 4 rings (SSSR count). The van der Waals surface area contributed by atoms with Crippen LogP contribution in [0.25, 0.3) is 0 Å². The standard InChI is InChI=1S/C24H23F5O/c1-2-3-14-6-9-18-20(11-10-19-21(18)12-16(25)13-22(19)26)23(14)15-4-7-17(8-5-15)30-24(27,28)29/h2-5,7-8,12-14,18,20,23H,6,9-11H2,1H3. The zero-order valence-corrected chi connectivity index (χ0v) is 16.6. The summed E-state index contributed by atoms with van der Waals surface area (Å²) < 4.78 is 69.8. The molecule has 160 valence electrons. The summed E-state index contributed by atoms with van der Waals surface area (Å²) in [4.78, 5) is 0. The lowest BCUT2D eigenvalue weighted by atomic mass is 9.58. The zero-order chi connectivity index (χ0) is 21.5. The topological polar surface area (TPSA) is 9.23 Å². The van der Waals surface area contributed by atoms with Crippen LogP contribution < -0.4 is 4.74 Å². The lowest BCUT2D eigenvalue weighted by molar-refractivity contribution is -0.274. The molecular weight excluding hydrogens is 399 g/mol. The zero-order valence-electron chi connectivity index (χ0n) is 16.6. The molecule has 2 aliphatic rings. The number of hydrogen-bond donors (Lipinski definition) is 0. The number of ether oxygens (including phenoxy) is 1. The van der Waals surface area contributed by atoms with Crippen LogP contribution in [0.3, 0.4) is 0 Å². The van der Waals surface area contributed by atoms with Gasteiger partial charge in [-0.05, 0) is 91.2 Å². The van der Waals surface area contributed by atoms with Crippen molar-refractivity contribution in [2.45, 2.75) is 50.8 Å². The molecule has 4 unspecified atom stereocenters. The van der Waals surface area contributed by atoms with E-state index in [4.69, 9.17) is 0 Å². The van der Waals surface area contributed by atoms with Gasteiger partial charge in [0.1, 0.15) is 17.4 Å². The summed E-state index contributed by atoms with van der Waals surface area (Å²) >= 11 is 0. The van der Waals surface area contributed by atoms with E-state index in [1.165, 1.54) is 18.2 Å². The van der Waals surface area contributed by atoms with Crippen molar-refractivity contribution in [1.82, 2.24) is 0 Å². The van der Waals surface area contributed by atoms with Crippen molar-refractivity contribution in [3.8, 4) is 5.75 Å². The fourth-order valence-corrected chi connectivity index (χ4v) is 5.48. The molecule has 0 aromatic heterocycles. The number of benzene rings is 2. The van der Waals surface area contributed by atoms with Crippen LogP contribution in [0.1, 0.15) is 54.7 Å². The number of hydrogen-bond acceptors (Lipinski definition) is 1. The fourth-order valence-electron chi connectivity index (χ4n) is 5.48. The SMILES string of the molecule is CC=CC1CCC2c3cc(F)cc(F)c3CCC2C1c1ccc(OC(F)(F)F)cc1. The molecule has 0 aliphatic heterocycles. The first-order chi connectivity index (χ1) is 14.3. The lowest BCUT2D eigenvalue weighted by Crippen LogP contribution is -2.35. The average molecular weight is 422 g/mol. The Morgan fingerprint density at radius 3 is 2.40 bits per heavy atom. The van der Waals surface area contributed by atoms with Gasteiger partial charge in [-0.2, -0.15) is 0 Å². The van der Waals surface area contributed by atoms with Gasteiger partial charge in [0.2, 0.25) is 0 Å². The molecule has 1 fully saturated rings. The molecule has 0 spiro atoms. The molecule has 2 aromatic rings. The highest BCUT2D eigenvalue weighted by Gasteiger charge is 2.43. The smallest absolute Gasteiger partial charge is 0.406 e. The van der Waals surface area contributed by atoms with Gasteiger partial charge in [0.25, 0.3) is 0 Å². The second-order valence-corrected chi connectivity index (χ2v) is 8.17. The second kappa shape index (κ2) is 8.05. The summed E-state index contributed by atoms with van der Waals surface area (Å²) in [5.41, 5.74) is 2.29. The van der Waals surface area contributed by atoms with Crippen molar-refractivity contribution in [3.63, 3.8) is 0 Å². The fraction of sp³-hybridized carbons (Fsp3) is 0.417. The number of halogens is 5. The molecule has 0 N–H and O–H groups in total. The van der Waals surface area contributed by atoms with Gasteiger partial charge in [-0.15, -0.1) is 13.2 Å². The highest BCUT2D eigenvalue weighted by molar-refractivity contribution is 5.39. The average Bonchev–Trinajstić information content (AvgIpc) is 2.67. The first-order valence-corrected chi connectivity index (χ1v) is 10.2. The van der Waals surface area contributed by atoms with E-state index in [1.807, 2.05) is 13.0 Å². The van der Waals surface area contributed by atoms with Gasteiger partial charge in [0.15, 0.2) is 0 Å². The minimum Gasteiger partial charge on any atom is -0.406 e. The molecule has 0 heterocycles. The van der Waals surface area contributed by atoms with Gasteiger partial charge in [0, 0.05) is 6.07 Å². The predicted octanol–water partition coefficient (Wildman–Crippen LogP) is 7.28. The molecule has 0 saturated heterocycles. The Hall–Kier alpha value is -2.37. The normalized spacial score (nSPS) is 26.3. The van der Waals surface area contributed by atoms with E-state index in [0.29, 0.717) is 12.0 Å². The second-order valence-electron chi connectivity index (χ2n) is 8.17. The molecule has 1 saturated carbocycles. The third-order valence-electron chi connectivity index (χ3n) is 6.51. The summed E-state index contributed by atoms with van der Waals surface area (Å²) in [7, 11) is 0. The Kier molecular flexibility index (Phi) is 5.60. The highest BCUT2D eigenvalue weighted by Crippen LogP contribution is 2.54. The monoisotopic (exact) mass is 422 g/mol. The maximum Gasteiger partial charge on any atom is 0.573 e. The van der Waals surface area contributed by atoms with Crippen LogP contribution in [0.5, 0.6) is 5.75 Å². The summed E-state index contributed by atoms with van der Waals surface area (Å²) in [6.45, 7) is 1.95. The highest BCUT2D eigenvalue weighted by atomic mass is 19.4. The quantitative estimate of drug-likeness (QED) is 0.373. The van der Waals surface area contributed by atoms with E-state index < -0.39 is 18.0 Å². The van der Waals surface area contributed by atoms with Crippen LogP contribution in [-0.4, -0.2) is 6.36 Å². The van der Waals surface area contributed by atoms with E-state index in [-0.39, 0.29) is 29.4 Å². The molecule has 1 nitrogen and oxygen atoms in total. The molecule has 30 heavy (non-hydrogen) atoms. The third-order valence-corrected chi connectivity index (χ3v) is 6.51. The Balaban J connectivity index is 1.69. The summed E-state index contributed by atoms with van der Waals surface area (Å²) in [5.74, 6) is -0.791. The number of allylic oxidation sites excluding steroid dienone is 2. The molecule has 0 radical (unpaired) electrons. The maximum absolute atomic E-state index is 14.3. The molecule has 2 aromatic carbocycles. The van der Waals surface area contributed by atoms with Crippen LogP contribution in [0, 0.1) is 23.5 Å². The van der Waals surface area contributed by atoms with E-state index in [0.717, 1.165) is 36.5 Å². The number of alkyl halides is 3. The lowest BCUT2D eigenvalue weighted by Gasteiger charge is -2.46. The van der Waals surface area contributed by atoms with Crippen molar-refractivity contribution in [2.24, 2.45) is 11.8 Å². The number of rotatable bonds is 3. The van der Waals surface area contributed by atoms with E-state index in [9.17, 15) is 22.0 Å². The van der Waals surface area contributed by atoms with Crippen LogP contribution in [0.4, 0.5) is 22.0 Å². The van der Waals surface area contributed by atoms with Gasteiger partial charge >= 0.3 is 6.36 Å². The van der Waals surface area contributed by atoms with E-state index in [2.05, 4.69) is 10.8 Å². The van der Waals surface area contributed by atoms with Crippen LogP contribution in [0.2, 0.25) is 0 Å². The van der Waals surface area contributed by atoms with Crippen LogP contribution in [-0.2, 0) is 6.42 Å². The first kappa shape index (κ1) is 20.9. The Labute approximate surface area is 172 Å². The Morgan fingerprint density at radius 2 is 1.73 bits per heavy atom. The van der Waals surface area contributed by atoms with Crippen LogP contribution in [0.15, 0.2) is 48.6 Å². The largest absolute Gasteiger partial charge is 0.573 e. The predicted molar refractivity (Wildman–Crippen MR) is 104 cm³/mol. The molecule has 0 bridgehead atoms. The van der Waals surface area contributed by atoms with Gasteiger partial charge in [0.05, 0.1) is 0 Å². The number of fused-ring (bicyclic) bond motifs is 3. The summed E-state index contributed by atoms with van der Waals surface area (Å²) in [6.07, 6.45) is 2.40. The molecular formula is C24H23F5O. The summed E-state index contributed by atoms with van der Waals surface area (Å²) in [5, 5.41) is 0. The minimum atomic E-state index is -4.73. The Morgan fingerprint density at radius 1 is 1.00 bits per heavy atom. The van der Waals surface area contributed by atoms with E-state index in [1.54, 1.807) is 12.1 Å². The third kappa shape index (κ3) is 4.09. The van der Waals surface area contributed by atoms with E-state index >= 15 is 0 Å². The van der Waals surface area contributed by atoms with Crippen molar-refractivity contribution in [1.29, 1.82) is 0 Å². The molecule has 4 atom stereocenters. The van der Waals surface area contributed by atoms with Crippen molar-refractivity contribution < 1.29 is 26.7 Å². The van der Waals surface area contributed by atoms with Gasteiger partial charge in [-0.3, -0.25) is 0 Å². The molecule has 2 aliphatic carbocycles. The first-order valence-electron chi connectivity index (χ1n) is 10.2. The van der Waals surface area contributed by atoms with Crippen LogP contribution >= 0.6 is 0 Å². The van der Waals surface area contributed by atoms with Crippen molar-refractivity contribution in [3.05, 3.63) is 76.9 Å². The summed E-state index contributed by atoms with van der Waals surface area (Å²) in [6, 6.07) is 8.47. The molecule has 6 heteroatoms. The molecule has 0 amide bonds. The van der Waals surface area contributed by atoms with Crippen molar-refractivity contribution >= 4 is 0 Å². The Bertz CT molecular complexity index is 932. The minimum absolute atomic E-state index is 0.0385. The van der Waals surface area contributed by atoms with Gasteiger partial charge in [-0.25, -0.2) is 8.78 Å². The maximum atomic E-state index is 14.3. The van der Waals surface area contributed by atoms with Gasteiger partial charge in [-0.1, -0.05) is 24.3 Å². The van der Waals surface area contributed by atoms with Gasteiger partial charge < -0.3 is 4.74 Å². The van der Waals surface area contributed by atoms with Crippen molar-refractivity contribution in [2.75, 3.05) is 0 Å².